The Morgan fingerprint density at radius 1 is 1.14 bits per heavy atom. The number of carbonyl (C=O) groups excluding carboxylic acids is 2. The molecule has 4 nitrogen and oxygen atoms in total. The quantitative estimate of drug-likeness (QED) is 0.836. The number of thiophene rings is 1. The van der Waals surface area contributed by atoms with Crippen LogP contribution in [0.3, 0.4) is 0 Å². The summed E-state index contributed by atoms with van der Waals surface area (Å²) in [5.74, 6) is -0.410. The lowest BCUT2D eigenvalue weighted by atomic mass is 10.2. The van der Waals surface area contributed by atoms with Gasteiger partial charge in [0.15, 0.2) is 0 Å². The maximum Gasteiger partial charge on any atom is 0.248 e. The predicted octanol–water partition coefficient (Wildman–Crippen LogP) is 4.01. The molecule has 2 N–H and O–H groups in total. The van der Waals surface area contributed by atoms with Crippen molar-refractivity contribution in [3.8, 4) is 0 Å². The van der Waals surface area contributed by atoms with Crippen LogP contribution in [0, 0.1) is 0 Å². The largest absolute Gasteiger partial charge is 0.326 e. The molecule has 6 heteroatoms. The first-order valence-electron chi connectivity index (χ1n) is 6.15. The number of benzene rings is 1. The van der Waals surface area contributed by atoms with E-state index in [0.717, 1.165) is 4.88 Å². The van der Waals surface area contributed by atoms with Crippen LogP contribution in [0.25, 0.3) is 6.08 Å². The summed E-state index contributed by atoms with van der Waals surface area (Å²) < 4.78 is 0.679. The highest BCUT2D eigenvalue weighted by Crippen LogP contribution is 2.22. The number of nitrogens with one attached hydrogen (secondary N) is 2. The van der Waals surface area contributed by atoms with E-state index in [9.17, 15) is 9.59 Å². The molecule has 0 saturated carbocycles. The molecule has 0 fully saturated rings. The van der Waals surface area contributed by atoms with E-state index < -0.39 is 0 Å². The van der Waals surface area contributed by atoms with Gasteiger partial charge in [0.2, 0.25) is 11.8 Å². The van der Waals surface area contributed by atoms with E-state index in [1.165, 1.54) is 24.3 Å². The van der Waals surface area contributed by atoms with Crippen molar-refractivity contribution in [2.24, 2.45) is 0 Å². The maximum atomic E-state index is 11.8. The second kappa shape index (κ2) is 7.06. The lowest BCUT2D eigenvalue weighted by Crippen LogP contribution is -2.09. The minimum absolute atomic E-state index is 0.159. The highest BCUT2D eigenvalue weighted by Gasteiger charge is 2.01. The topological polar surface area (TPSA) is 58.2 Å². The molecule has 2 rings (SSSR count). The molecule has 0 unspecified atom stereocenters. The molecule has 0 spiro atoms. The van der Waals surface area contributed by atoms with Gasteiger partial charge in [0.05, 0.1) is 4.34 Å². The Balaban J connectivity index is 1.99. The third-order valence-electron chi connectivity index (χ3n) is 2.44. The average Bonchev–Trinajstić information content (AvgIpc) is 2.82. The summed E-state index contributed by atoms with van der Waals surface area (Å²) in [4.78, 5) is 23.7. The van der Waals surface area contributed by atoms with E-state index in [1.807, 2.05) is 6.07 Å². The standard InChI is InChI=1S/C15H13ClN2O2S/c1-10(19)17-11-3-2-4-12(9-11)18-15(20)8-6-13-5-7-14(16)21-13/h2-9H,1H3,(H,17,19)(H,18,20)/b8-6+. The maximum absolute atomic E-state index is 11.8. The minimum atomic E-state index is -0.250. The molecular weight excluding hydrogens is 308 g/mol. The molecule has 0 radical (unpaired) electrons. The Kier molecular flexibility index (Phi) is 5.14. The summed E-state index contributed by atoms with van der Waals surface area (Å²) in [6.45, 7) is 1.43. The van der Waals surface area contributed by atoms with Gasteiger partial charge in [-0.2, -0.15) is 0 Å². The molecule has 0 aliphatic rings. The lowest BCUT2D eigenvalue weighted by molar-refractivity contribution is -0.114. The van der Waals surface area contributed by atoms with Crippen LogP contribution in [0.5, 0.6) is 0 Å². The summed E-state index contributed by atoms with van der Waals surface area (Å²) in [7, 11) is 0. The summed E-state index contributed by atoms with van der Waals surface area (Å²) in [5, 5.41) is 5.38. The van der Waals surface area contributed by atoms with Crippen LogP contribution in [0.2, 0.25) is 4.34 Å². The van der Waals surface area contributed by atoms with Crippen molar-refractivity contribution in [3.05, 3.63) is 51.7 Å². The van der Waals surface area contributed by atoms with Gasteiger partial charge in [-0.25, -0.2) is 0 Å². The smallest absolute Gasteiger partial charge is 0.248 e. The zero-order valence-electron chi connectivity index (χ0n) is 11.2. The van der Waals surface area contributed by atoms with E-state index in [-0.39, 0.29) is 11.8 Å². The van der Waals surface area contributed by atoms with Crippen LogP contribution in [0.1, 0.15) is 11.8 Å². The van der Waals surface area contributed by atoms with Crippen molar-refractivity contribution in [2.75, 3.05) is 10.6 Å². The van der Waals surface area contributed by atoms with Crippen molar-refractivity contribution in [2.45, 2.75) is 6.92 Å². The third kappa shape index (κ3) is 5.06. The summed E-state index contributed by atoms with van der Waals surface area (Å²) in [6, 6.07) is 10.6. The fraction of sp³-hybridized carbons (Fsp3) is 0.0667. The number of carbonyl (C=O) groups is 2. The van der Waals surface area contributed by atoms with E-state index in [0.29, 0.717) is 15.7 Å². The predicted molar refractivity (Wildman–Crippen MR) is 87.7 cm³/mol. The molecule has 0 aliphatic carbocycles. The van der Waals surface area contributed by atoms with Gasteiger partial charge in [0.1, 0.15) is 0 Å². The van der Waals surface area contributed by atoms with Gasteiger partial charge < -0.3 is 10.6 Å². The van der Waals surface area contributed by atoms with Crippen LogP contribution in [0.15, 0.2) is 42.5 Å². The van der Waals surface area contributed by atoms with Gasteiger partial charge in [-0.15, -0.1) is 11.3 Å². The molecule has 2 aromatic rings. The Morgan fingerprint density at radius 2 is 1.86 bits per heavy atom. The fourth-order valence-electron chi connectivity index (χ4n) is 1.64. The van der Waals surface area contributed by atoms with Crippen molar-refractivity contribution < 1.29 is 9.59 Å². The number of amides is 2. The number of halogens is 1. The van der Waals surface area contributed by atoms with E-state index in [1.54, 1.807) is 36.4 Å². The first-order valence-corrected chi connectivity index (χ1v) is 7.34. The molecule has 1 aromatic carbocycles. The highest BCUT2D eigenvalue weighted by atomic mass is 35.5. The SMILES string of the molecule is CC(=O)Nc1cccc(NC(=O)/C=C/c2ccc(Cl)s2)c1. The Labute approximate surface area is 131 Å². The van der Waals surface area contributed by atoms with Gasteiger partial charge in [-0.3, -0.25) is 9.59 Å². The molecule has 108 valence electrons. The average molecular weight is 321 g/mol. The van der Waals surface area contributed by atoms with Crippen LogP contribution < -0.4 is 10.6 Å². The molecule has 0 atom stereocenters. The second-order valence-electron chi connectivity index (χ2n) is 4.23. The van der Waals surface area contributed by atoms with E-state index in [4.69, 9.17) is 11.6 Å². The van der Waals surface area contributed by atoms with Gasteiger partial charge in [0, 0.05) is 29.3 Å². The van der Waals surface area contributed by atoms with E-state index >= 15 is 0 Å². The highest BCUT2D eigenvalue weighted by molar-refractivity contribution is 7.17. The van der Waals surface area contributed by atoms with Gasteiger partial charge >= 0.3 is 0 Å². The zero-order valence-corrected chi connectivity index (χ0v) is 12.8. The van der Waals surface area contributed by atoms with Crippen molar-refractivity contribution >= 4 is 52.2 Å². The first kappa shape index (κ1) is 15.3. The summed E-state index contributed by atoms with van der Waals surface area (Å²) >= 11 is 7.21. The molecule has 0 saturated heterocycles. The molecule has 0 bridgehead atoms. The Bertz CT molecular complexity index is 694. The number of rotatable bonds is 4. The van der Waals surface area contributed by atoms with Crippen LogP contribution in [-0.4, -0.2) is 11.8 Å². The minimum Gasteiger partial charge on any atom is -0.326 e. The molecule has 1 aromatic heterocycles. The van der Waals surface area contributed by atoms with Crippen molar-refractivity contribution in [3.63, 3.8) is 0 Å². The lowest BCUT2D eigenvalue weighted by Gasteiger charge is -2.06. The Morgan fingerprint density at radius 3 is 2.48 bits per heavy atom. The molecule has 1 heterocycles. The van der Waals surface area contributed by atoms with Crippen LogP contribution in [0.4, 0.5) is 11.4 Å². The summed E-state index contributed by atoms with van der Waals surface area (Å²) in [6.07, 6.45) is 3.14. The van der Waals surface area contributed by atoms with Crippen molar-refractivity contribution in [1.29, 1.82) is 0 Å². The molecular formula is C15H13ClN2O2S. The van der Waals surface area contributed by atoms with Gasteiger partial charge in [0.25, 0.3) is 0 Å². The molecule has 2 amide bonds. The van der Waals surface area contributed by atoms with Crippen LogP contribution >= 0.6 is 22.9 Å². The monoisotopic (exact) mass is 320 g/mol. The normalized spacial score (nSPS) is 10.6. The van der Waals surface area contributed by atoms with Gasteiger partial charge in [-0.05, 0) is 36.4 Å². The molecule has 0 aliphatic heterocycles. The summed E-state index contributed by atoms with van der Waals surface area (Å²) in [5.41, 5.74) is 1.24. The number of anilines is 2. The van der Waals surface area contributed by atoms with Crippen LogP contribution in [-0.2, 0) is 9.59 Å². The molecule has 21 heavy (non-hydrogen) atoms. The van der Waals surface area contributed by atoms with E-state index in [2.05, 4.69) is 10.6 Å². The third-order valence-corrected chi connectivity index (χ3v) is 3.64. The number of hydrogen-bond donors (Lipinski definition) is 2. The Hall–Kier alpha value is -2.11. The fourth-order valence-corrected chi connectivity index (χ4v) is 2.60. The van der Waals surface area contributed by atoms with Gasteiger partial charge in [-0.1, -0.05) is 17.7 Å². The first-order chi connectivity index (χ1) is 10.0. The zero-order chi connectivity index (χ0) is 15.2. The van der Waals surface area contributed by atoms with Crippen molar-refractivity contribution in [1.82, 2.24) is 0 Å². The number of hydrogen-bond acceptors (Lipinski definition) is 3. The second-order valence-corrected chi connectivity index (χ2v) is 5.97.